The van der Waals surface area contributed by atoms with Crippen LogP contribution in [0.25, 0.3) is 0 Å². The maximum absolute atomic E-state index is 8.91. The minimum absolute atomic E-state index is 0.144. The van der Waals surface area contributed by atoms with Gasteiger partial charge < -0.3 is 10.4 Å². The monoisotopic (exact) mass is 247 g/mol. The fourth-order valence-corrected chi connectivity index (χ4v) is 3.56. The Labute approximate surface area is 108 Å². The quantitative estimate of drug-likeness (QED) is 0.859. The smallest absolute Gasteiger partial charge is 0.132 e. The molecular weight excluding hydrogens is 226 g/mol. The second-order valence-electron chi connectivity index (χ2n) is 5.43. The van der Waals surface area contributed by atoms with Crippen molar-refractivity contribution in [3.05, 3.63) is 17.6 Å². The van der Waals surface area contributed by atoms with Gasteiger partial charge in [0.2, 0.25) is 0 Å². The van der Waals surface area contributed by atoms with Crippen LogP contribution in [-0.2, 0) is 6.42 Å². The van der Waals surface area contributed by atoms with Gasteiger partial charge in [0.15, 0.2) is 0 Å². The van der Waals surface area contributed by atoms with Gasteiger partial charge in [-0.1, -0.05) is 12.8 Å². The zero-order valence-electron chi connectivity index (χ0n) is 10.7. The fourth-order valence-electron chi connectivity index (χ4n) is 3.56. The molecule has 18 heavy (non-hydrogen) atoms. The van der Waals surface area contributed by atoms with Crippen molar-refractivity contribution in [2.24, 2.45) is 5.92 Å². The van der Waals surface area contributed by atoms with Crippen LogP contribution in [0.1, 0.15) is 49.3 Å². The van der Waals surface area contributed by atoms with Crippen LogP contribution < -0.4 is 5.32 Å². The van der Waals surface area contributed by atoms with E-state index in [4.69, 9.17) is 5.11 Å². The summed E-state index contributed by atoms with van der Waals surface area (Å²) in [4.78, 5) is 8.89. The Bertz CT molecular complexity index is 422. The normalized spacial score (nSPS) is 26.3. The Hall–Kier alpha value is -1.16. The highest BCUT2D eigenvalue weighted by Gasteiger charge is 2.33. The number of rotatable bonds is 3. The van der Waals surface area contributed by atoms with Crippen molar-refractivity contribution in [1.29, 1.82) is 0 Å². The number of anilines is 1. The Balaban J connectivity index is 1.89. The number of aromatic nitrogens is 2. The van der Waals surface area contributed by atoms with Gasteiger partial charge in [0, 0.05) is 18.0 Å². The highest BCUT2D eigenvalue weighted by atomic mass is 16.3. The van der Waals surface area contributed by atoms with Crippen LogP contribution in [0.2, 0.25) is 0 Å². The number of hydrogen-bond acceptors (Lipinski definition) is 4. The van der Waals surface area contributed by atoms with E-state index in [-0.39, 0.29) is 6.61 Å². The lowest BCUT2D eigenvalue weighted by Gasteiger charge is -2.36. The molecule has 98 valence electrons. The standard InChI is InChI=1S/C14H21N3O/c18-8-7-15-14-12-6-5-10-3-1-2-4-11(10)13(12)16-9-17-14/h9-11,18H,1-8H2,(H,15,16,17)/t10-,11+/m0/s1. The predicted octanol–water partition coefficient (Wildman–Crippen LogP) is 2.10. The van der Waals surface area contributed by atoms with Gasteiger partial charge in [0.25, 0.3) is 0 Å². The molecule has 0 amide bonds. The minimum Gasteiger partial charge on any atom is -0.395 e. The fraction of sp³-hybridized carbons (Fsp3) is 0.714. The molecule has 2 N–H and O–H groups in total. The van der Waals surface area contributed by atoms with Crippen molar-refractivity contribution in [3.8, 4) is 0 Å². The molecule has 0 aromatic carbocycles. The first-order valence-electron chi connectivity index (χ1n) is 7.08. The van der Waals surface area contributed by atoms with Gasteiger partial charge in [-0.2, -0.15) is 0 Å². The molecule has 1 fully saturated rings. The highest BCUT2D eigenvalue weighted by Crippen LogP contribution is 2.45. The van der Waals surface area contributed by atoms with Crippen LogP contribution in [0.3, 0.4) is 0 Å². The van der Waals surface area contributed by atoms with Crippen LogP contribution >= 0.6 is 0 Å². The molecule has 0 radical (unpaired) electrons. The third kappa shape index (κ3) is 2.09. The molecule has 4 nitrogen and oxygen atoms in total. The first-order chi connectivity index (χ1) is 8.90. The average molecular weight is 247 g/mol. The zero-order chi connectivity index (χ0) is 12.4. The lowest BCUT2D eigenvalue weighted by molar-refractivity contribution is 0.270. The summed E-state index contributed by atoms with van der Waals surface area (Å²) in [6, 6.07) is 0. The summed E-state index contributed by atoms with van der Waals surface area (Å²) < 4.78 is 0. The van der Waals surface area contributed by atoms with E-state index in [1.54, 1.807) is 6.33 Å². The van der Waals surface area contributed by atoms with E-state index >= 15 is 0 Å². The average Bonchev–Trinajstić information content (AvgIpc) is 2.44. The molecule has 2 atom stereocenters. The molecule has 2 aliphatic rings. The molecule has 1 heterocycles. The molecule has 0 bridgehead atoms. The molecule has 1 aromatic heterocycles. The maximum Gasteiger partial charge on any atom is 0.132 e. The molecule has 1 aromatic rings. The Kier molecular flexibility index (Phi) is 3.46. The van der Waals surface area contributed by atoms with Crippen molar-refractivity contribution in [3.63, 3.8) is 0 Å². The van der Waals surface area contributed by atoms with Gasteiger partial charge >= 0.3 is 0 Å². The van der Waals surface area contributed by atoms with E-state index in [2.05, 4.69) is 15.3 Å². The van der Waals surface area contributed by atoms with Crippen LogP contribution in [0.15, 0.2) is 6.33 Å². The summed E-state index contributed by atoms with van der Waals surface area (Å²) in [5.74, 6) is 2.44. The summed E-state index contributed by atoms with van der Waals surface area (Å²) in [5.41, 5.74) is 2.58. The number of fused-ring (bicyclic) bond motifs is 3. The number of aliphatic hydroxyl groups excluding tert-OH is 1. The second kappa shape index (κ2) is 5.22. The first-order valence-corrected chi connectivity index (χ1v) is 7.08. The van der Waals surface area contributed by atoms with Crippen LogP contribution in [0.5, 0.6) is 0 Å². The molecule has 3 rings (SSSR count). The molecule has 2 aliphatic carbocycles. The van der Waals surface area contributed by atoms with Crippen molar-refractivity contribution in [1.82, 2.24) is 9.97 Å². The van der Waals surface area contributed by atoms with E-state index in [0.29, 0.717) is 12.5 Å². The summed E-state index contributed by atoms with van der Waals surface area (Å²) in [6.07, 6.45) is 9.42. The van der Waals surface area contributed by atoms with Gasteiger partial charge in [-0.15, -0.1) is 0 Å². The van der Waals surface area contributed by atoms with Crippen molar-refractivity contribution >= 4 is 5.82 Å². The number of nitrogens with one attached hydrogen (secondary N) is 1. The molecule has 0 saturated heterocycles. The molecule has 0 spiro atoms. The molecule has 1 saturated carbocycles. The Morgan fingerprint density at radius 2 is 2.11 bits per heavy atom. The first kappa shape index (κ1) is 11.9. The van der Waals surface area contributed by atoms with Crippen LogP contribution in [-0.4, -0.2) is 28.2 Å². The number of aliphatic hydroxyl groups is 1. The Morgan fingerprint density at radius 3 is 3.00 bits per heavy atom. The van der Waals surface area contributed by atoms with Crippen LogP contribution in [0, 0.1) is 5.92 Å². The third-order valence-electron chi connectivity index (χ3n) is 4.41. The Morgan fingerprint density at radius 1 is 1.22 bits per heavy atom. The van der Waals surface area contributed by atoms with E-state index in [1.807, 2.05) is 0 Å². The second-order valence-corrected chi connectivity index (χ2v) is 5.43. The SMILES string of the molecule is OCCNc1ncnc2c1CC[C@@H]1CCCC[C@@H]21. The van der Waals surface area contributed by atoms with Gasteiger partial charge in [-0.25, -0.2) is 9.97 Å². The van der Waals surface area contributed by atoms with E-state index in [1.165, 1.54) is 43.4 Å². The van der Waals surface area contributed by atoms with Gasteiger partial charge in [0.1, 0.15) is 12.1 Å². The topological polar surface area (TPSA) is 58.0 Å². The summed E-state index contributed by atoms with van der Waals surface area (Å²) in [7, 11) is 0. The minimum atomic E-state index is 0.144. The summed E-state index contributed by atoms with van der Waals surface area (Å²) >= 11 is 0. The molecular formula is C14H21N3O. The van der Waals surface area contributed by atoms with E-state index < -0.39 is 0 Å². The van der Waals surface area contributed by atoms with Crippen molar-refractivity contribution in [2.45, 2.75) is 44.4 Å². The van der Waals surface area contributed by atoms with Gasteiger partial charge in [0.05, 0.1) is 12.3 Å². The van der Waals surface area contributed by atoms with Crippen molar-refractivity contribution in [2.75, 3.05) is 18.5 Å². The van der Waals surface area contributed by atoms with Crippen molar-refractivity contribution < 1.29 is 5.11 Å². The third-order valence-corrected chi connectivity index (χ3v) is 4.41. The lowest BCUT2D eigenvalue weighted by Crippen LogP contribution is -2.26. The highest BCUT2D eigenvalue weighted by molar-refractivity contribution is 5.48. The maximum atomic E-state index is 8.91. The lowest BCUT2D eigenvalue weighted by atomic mass is 9.70. The number of hydrogen-bond donors (Lipinski definition) is 2. The number of nitrogens with zero attached hydrogens (tertiary/aromatic N) is 2. The van der Waals surface area contributed by atoms with E-state index in [9.17, 15) is 0 Å². The van der Waals surface area contributed by atoms with Gasteiger partial charge in [-0.05, 0) is 31.6 Å². The summed E-state index contributed by atoms with van der Waals surface area (Å²) in [5, 5.41) is 12.1. The van der Waals surface area contributed by atoms with Gasteiger partial charge in [-0.3, -0.25) is 0 Å². The summed E-state index contributed by atoms with van der Waals surface area (Å²) in [6.45, 7) is 0.711. The predicted molar refractivity (Wildman–Crippen MR) is 70.6 cm³/mol. The molecule has 0 aliphatic heterocycles. The van der Waals surface area contributed by atoms with E-state index in [0.717, 1.165) is 18.2 Å². The molecule has 0 unspecified atom stereocenters. The van der Waals surface area contributed by atoms with Crippen LogP contribution in [0.4, 0.5) is 5.82 Å². The zero-order valence-corrected chi connectivity index (χ0v) is 10.7. The largest absolute Gasteiger partial charge is 0.395 e. The molecule has 4 heteroatoms.